The van der Waals surface area contributed by atoms with Gasteiger partial charge in [-0.15, -0.1) is 0 Å². The zero-order chi connectivity index (χ0) is 14.8. The van der Waals surface area contributed by atoms with Crippen LogP contribution in [0.25, 0.3) is 11.0 Å². The molecule has 2 heterocycles. The van der Waals surface area contributed by atoms with Crippen LogP contribution in [0, 0.1) is 0 Å². The predicted molar refractivity (Wildman–Crippen MR) is 79.2 cm³/mol. The summed E-state index contributed by atoms with van der Waals surface area (Å²) in [7, 11) is 0. The van der Waals surface area contributed by atoms with Gasteiger partial charge in [0.25, 0.3) is 11.5 Å². The Labute approximate surface area is 120 Å². The molecule has 3 rings (SSSR count). The number of hydrogen-bond acceptors (Lipinski definition) is 3. The van der Waals surface area contributed by atoms with E-state index < -0.39 is 11.5 Å². The zero-order valence-corrected chi connectivity index (χ0v) is 11.4. The second-order valence-corrected chi connectivity index (χ2v) is 4.79. The van der Waals surface area contributed by atoms with Crippen molar-refractivity contribution in [2.45, 2.75) is 13.0 Å². The molecular formula is C16H14N2O3. The van der Waals surface area contributed by atoms with Crippen molar-refractivity contribution in [3.05, 3.63) is 70.3 Å². The van der Waals surface area contributed by atoms with Crippen molar-refractivity contribution in [2.24, 2.45) is 0 Å². The van der Waals surface area contributed by atoms with Gasteiger partial charge in [0.15, 0.2) is 0 Å². The minimum absolute atomic E-state index is 0.0838. The van der Waals surface area contributed by atoms with Crippen LogP contribution in [-0.2, 0) is 0 Å². The molecule has 5 heteroatoms. The van der Waals surface area contributed by atoms with Gasteiger partial charge in [-0.3, -0.25) is 9.59 Å². The number of para-hydroxylation sites is 1. The number of aromatic amines is 1. The lowest BCUT2D eigenvalue weighted by Crippen LogP contribution is -2.31. The number of hydrogen-bond donors (Lipinski definition) is 2. The van der Waals surface area contributed by atoms with E-state index in [1.807, 2.05) is 37.3 Å². The summed E-state index contributed by atoms with van der Waals surface area (Å²) in [5.41, 5.74) is 0.443. The normalized spacial score (nSPS) is 12.2. The molecule has 21 heavy (non-hydrogen) atoms. The van der Waals surface area contributed by atoms with Gasteiger partial charge in [0.05, 0.1) is 6.04 Å². The smallest absolute Gasteiger partial charge is 0.260 e. The van der Waals surface area contributed by atoms with Crippen LogP contribution in [0.3, 0.4) is 0 Å². The number of rotatable bonds is 3. The number of carbonyl (C=O) groups is 1. The molecule has 0 aliphatic rings. The summed E-state index contributed by atoms with van der Waals surface area (Å²) in [5.74, 6) is 0.224. The molecule has 3 aromatic rings. The molecule has 2 aromatic heterocycles. The molecule has 2 N–H and O–H groups in total. The predicted octanol–water partition coefficient (Wildman–Crippen LogP) is 2.61. The molecule has 1 amide bonds. The number of pyridine rings is 1. The van der Waals surface area contributed by atoms with E-state index in [0.29, 0.717) is 5.76 Å². The van der Waals surface area contributed by atoms with E-state index in [-0.39, 0.29) is 11.6 Å². The Morgan fingerprint density at radius 2 is 2.05 bits per heavy atom. The number of H-pyrrole nitrogens is 1. The fraction of sp³-hybridized carbons (Fsp3) is 0.125. The van der Waals surface area contributed by atoms with Gasteiger partial charge in [0.1, 0.15) is 16.9 Å². The highest BCUT2D eigenvalue weighted by Crippen LogP contribution is 2.23. The van der Waals surface area contributed by atoms with E-state index >= 15 is 0 Å². The lowest BCUT2D eigenvalue weighted by Gasteiger charge is -2.10. The number of furan rings is 1. The van der Waals surface area contributed by atoms with Gasteiger partial charge in [0, 0.05) is 11.6 Å². The Balaban J connectivity index is 1.83. The third kappa shape index (κ3) is 2.58. The van der Waals surface area contributed by atoms with Gasteiger partial charge in [-0.25, -0.2) is 0 Å². The molecule has 5 nitrogen and oxygen atoms in total. The summed E-state index contributed by atoms with van der Waals surface area (Å²) in [6.45, 7) is 1.81. The first-order valence-electron chi connectivity index (χ1n) is 6.62. The largest absolute Gasteiger partial charge is 0.459 e. The standard InChI is InChI=1S/C16H14N2O3/c1-10(14-9-11-5-2-3-7-13(11)21-14)18-16(20)12-6-4-8-17-15(12)19/h2-10H,1H3,(H,17,19)(H,18,20)/t10-/m1/s1. The maximum atomic E-state index is 12.1. The third-order valence-electron chi connectivity index (χ3n) is 3.28. The van der Waals surface area contributed by atoms with E-state index in [2.05, 4.69) is 10.3 Å². The summed E-state index contributed by atoms with van der Waals surface area (Å²) >= 11 is 0. The minimum atomic E-state index is -0.426. The number of aromatic nitrogens is 1. The fourth-order valence-electron chi connectivity index (χ4n) is 2.16. The van der Waals surface area contributed by atoms with Crippen LogP contribution in [0.1, 0.15) is 29.1 Å². The zero-order valence-electron chi connectivity index (χ0n) is 11.4. The van der Waals surface area contributed by atoms with Crippen molar-refractivity contribution in [3.63, 3.8) is 0 Å². The quantitative estimate of drug-likeness (QED) is 0.775. The SMILES string of the molecule is C[C@@H](NC(=O)c1ccc[nH]c1=O)c1cc2ccccc2o1. The van der Waals surface area contributed by atoms with Crippen molar-refractivity contribution in [1.82, 2.24) is 10.3 Å². The van der Waals surface area contributed by atoms with Crippen molar-refractivity contribution >= 4 is 16.9 Å². The number of benzene rings is 1. The first-order chi connectivity index (χ1) is 10.1. The Morgan fingerprint density at radius 1 is 1.24 bits per heavy atom. The van der Waals surface area contributed by atoms with E-state index in [0.717, 1.165) is 11.0 Å². The van der Waals surface area contributed by atoms with Crippen molar-refractivity contribution in [2.75, 3.05) is 0 Å². The number of fused-ring (bicyclic) bond motifs is 1. The van der Waals surface area contributed by atoms with Crippen LogP contribution in [0.4, 0.5) is 0 Å². The molecular weight excluding hydrogens is 268 g/mol. The van der Waals surface area contributed by atoms with Crippen LogP contribution in [0.5, 0.6) is 0 Å². The topological polar surface area (TPSA) is 75.1 Å². The number of nitrogens with one attached hydrogen (secondary N) is 2. The summed E-state index contributed by atoms with van der Waals surface area (Å²) in [6.07, 6.45) is 1.49. The van der Waals surface area contributed by atoms with E-state index in [1.54, 1.807) is 6.07 Å². The second kappa shape index (κ2) is 5.28. The van der Waals surface area contributed by atoms with Gasteiger partial charge < -0.3 is 14.7 Å². The maximum Gasteiger partial charge on any atom is 0.260 e. The fourth-order valence-corrected chi connectivity index (χ4v) is 2.16. The highest BCUT2D eigenvalue weighted by molar-refractivity contribution is 5.94. The van der Waals surface area contributed by atoms with Crippen molar-refractivity contribution in [3.8, 4) is 0 Å². The van der Waals surface area contributed by atoms with Gasteiger partial charge >= 0.3 is 0 Å². The molecule has 0 bridgehead atoms. The lowest BCUT2D eigenvalue weighted by molar-refractivity contribution is 0.0934. The minimum Gasteiger partial charge on any atom is -0.459 e. The summed E-state index contributed by atoms with van der Waals surface area (Å²) in [5, 5.41) is 3.74. The monoisotopic (exact) mass is 282 g/mol. The average Bonchev–Trinajstić information content (AvgIpc) is 2.91. The molecule has 0 spiro atoms. The Bertz CT molecular complexity index is 815. The first-order valence-corrected chi connectivity index (χ1v) is 6.62. The van der Waals surface area contributed by atoms with Crippen LogP contribution < -0.4 is 10.9 Å². The first kappa shape index (κ1) is 13.2. The van der Waals surface area contributed by atoms with Crippen LogP contribution >= 0.6 is 0 Å². The third-order valence-corrected chi connectivity index (χ3v) is 3.28. The van der Waals surface area contributed by atoms with Crippen LogP contribution in [0.2, 0.25) is 0 Å². The van der Waals surface area contributed by atoms with Gasteiger partial charge in [-0.1, -0.05) is 18.2 Å². The van der Waals surface area contributed by atoms with E-state index in [9.17, 15) is 9.59 Å². The molecule has 0 fully saturated rings. The number of amides is 1. The molecule has 1 aromatic carbocycles. The number of carbonyl (C=O) groups excluding carboxylic acids is 1. The van der Waals surface area contributed by atoms with Crippen LogP contribution in [-0.4, -0.2) is 10.9 Å². The Kier molecular flexibility index (Phi) is 3.31. The molecule has 0 saturated carbocycles. The molecule has 106 valence electrons. The van der Waals surface area contributed by atoms with Gasteiger partial charge in [0.2, 0.25) is 0 Å². The highest BCUT2D eigenvalue weighted by Gasteiger charge is 2.16. The van der Waals surface area contributed by atoms with Crippen molar-refractivity contribution in [1.29, 1.82) is 0 Å². The summed E-state index contributed by atoms with van der Waals surface area (Å²) in [6, 6.07) is 12.3. The highest BCUT2D eigenvalue weighted by atomic mass is 16.3. The van der Waals surface area contributed by atoms with E-state index in [1.165, 1.54) is 12.3 Å². The van der Waals surface area contributed by atoms with Crippen molar-refractivity contribution < 1.29 is 9.21 Å². The molecule has 0 aliphatic carbocycles. The van der Waals surface area contributed by atoms with E-state index in [4.69, 9.17) is 4.42 Å². The van der Waals surface area contributed by atoms with Crippen LogP contribution in [0.15, 0.2) is 57.9 Å². The molecule has 0 aliphatic heterocycles. The maximum absolute atomic E-state index is 12.1. The second-order valence-electron chi connectivity index (χ2n) is 4.79. The molecule has 0 saturated heterocycles. The summed E-state index contributed by atoms with van der Waals surface area (Å²) < 4.78 is 5.70. The lowest BCUT2D eigenvalue weighted by atomic mass is 10.2. The summed E-state index contributed by atoms with van der Waals surface area (Å²) in [4.78, 5) is 26.1. The molecule has 0 radical (unpaired) electrons. The Morgan fingerprint density at radius 3 is 2.81 bits per heavy atom. The molecule has 0 unspecified atom stereocenters. The Hall–Kier alpha value is -2.82. The average molecular weight is 282 g/mol. The van der Waals surface area contributed by atoms with Gasteiger partial charge in [-0.2, -0.15) is 0 Å². The molecule has 1 atom stereocenters. The van der Waals surface area contributed by atoms with Gasteiger partial charge in [-0.05, 0) is 31.2 Å².